The van der Waals surface area contributed by atoms with Gasteiger partial charge in [-0.15, -0.1) is 66.5 Å². The third kappa shape index (κ3) is 10.0. The van der Waals surface area contributed by atoms with E-state index in [4.69, 9.17) is 66.5 Å². The predicted octanol–water partition coefficient (Wildman–Crippen LogP) is 5.94. The molecule has 162 valence electrons. The van der Waals surface area contributed by atoms with E-state index < -0.39 is 23.3 Å². The maximum atomic E-state index is 6.33. The first-order valence-electron chi connectivity index (χ1n) is 8.69. The van der Waals surface area contributed by atoms with Gasteiger partial charge in [-0.2, -0.15) is 0 Å². The number of hydrazine groups is 2. The highest BCUT2D eigenvalue weighted by molar-refractivity contribution is 7.65. The lowest BCUT2D eigenvalue weighted by atomic mass is 10.1. The number of hydrogen-bond donors (Lipinski definition) is 4. The fourth-order valence-electron chi connectivity index (χ4n) is 2.17. The molecule has 0 saturated heterocycles. The van der Waals surface area contributed by atoms with Crippen molar-refractivity contribution in [2.24, 2.45) is 0 Å². The van der Waals surface area contributed by atoms with Crippen molar-refractivity contribution in [1.29, 1.82) is 0 Å². The molecule has 1 aromatic carbocycles. The van der Waals surface area contributed by atoms with Crippen LogP contribution in [0.4, 0.5) is 0 Å². The number of hydrogen-bond acceptors (Lipinski definition) is 4. The Morgan fingerprint density at radius 3 is 1.04 bits per heavy atom. The number of rotatable bonds is 8. The highest BCUT2D eigenvalue weighted by Crippen LogP contribution is 2.37. The second-order valence-corrected chi connectivity index (χ2v) is 26.2. The summed E-state index contributed by atoms with van der Waals surface area (Å²) in [5.41, 5.74) is 13.1. The van der Waals surface area contributed by atoms with Crippen LogP contribution in [0, 0.1) is 0 Å². The molecule has 0 amide bonds. The Morgan fingerprint density at radius 1 is 0.607 bits per heavy atom. The quantitative estimate of drug-likeness (QED) is 0.186. The Kier molecular flexibility index (Phi) is 9.97. The molecule has 0 spiro atoms. The molecule has 0 saturated carbocycles. The average molecular weight is 545 g/mol. The Bertz CT molecular complexity index is 565. The van der Waals surface area contributed by atoms with Gasteiger partial charge in [0, 0.05) is 11.1 Å². The van der Waals surface area contributed by atoms with Crippen LogP contribution in [0.5, 0.6) is 0 Å². The van der Waals surface area contributed by atoms with Gasteiger partial charge in [-0.1, -0.05) is 24.3 Å². The number of benzene rings is 1. The Labute approximate surface area is 198 Å². The first kappa shape index (κ1) is 27.3. The molecule has 0 bridgehead atoms. The van der Waals surface area contributed by atoms with E-state index >= 15 is 0 Å². The fraction of sp³-hybridized carbons (Fsp3) is 0.625. The maximum Gasteiger partial charge on any atom is 0.363 e. The van der Waals surface area contributed by atoms with Gasteiger partial charge in [0.2, 0.25) is 0 Å². The molecule has 2 unspecified atom stereocenters. The zero-order valence-electron chi connectivity index (χ0n) is 16.7. The number of halogens is 6. The van der Waals surface area contributed by atoms with Crippen LogP contribution in [-0.2, 0) is 0 Å². The van der Waals surface area contributed by atoms with E-state index in [1.807, 2.05) is 65.8 Å². The van der Waals surface area contributed by atoms with Gasteiger partial charge in [0.05, 0.1) is 11.3 Å². The third-order valence-electron chi connectivity index (χ3n) is 3.44. The zero-order valence-corrected chi connectivity index (χ0v) is 23.3. The minimum absolute atomic E-state index is 0.183. The lowest BCUT2D eigenvalue weighted by molar-refractivity contribution is 0.347. The van der Waals surface area contributed by atoms with Gasteiger partial charge in [-0.05, 0) is 52.7 Å². The standard InChI is InChI=1S/C16H28Cl6N4Si2/c1-15(2,3)25-23-13(27(17,18)19)11-7-9-12(10-8-11)14(28(20,21)22)24-26-16(4,5)6/h7-10,13-14,23-26H,1-6H3. The fourth-order valence-corrected chi connectivity index (χ4v) is 7.03. The summed E-state index contributed by atoms with van der Waals surface area (Å²) in [5.74, 6) is 0. The van der Waals surface area contributed by atoms with Crippen LogP contribution in [-0.4, -0.2) is 23.1 Å². The molecule has 0 aliphatic carbocycles. The van der Waals surface area contributed by atoms with Gasteiger partial charge >= 0.3 is 12.0 Å². The Balaban J connectivity index is 3.10. The normalized spacial score (nSPS) is 16.1. The van der Waals surface area contributed by atoms with E-state index in [-0.39, 0.29) is 11.1 Å². The van der Waals surface area contributed by atoms with E-state index in [2.05, 4.69) is 21.7 Å². The molecule has 0 aliphatic heterocycles. The van der Waals surface area contributed by atoms with E-state index in [9.17, 15) is 0 Å². The lowest BCUT2D eigenvalue weighted by Gasteiger charge is -2.31. The molecular weight excluding hydrogens is 517 g/mol. The minimum Gasteiger partial charge on any atom is -0.252 e. The molecule has 1 rings (SSSR count). The van der Waals surface area contributed by atoms with Crippen LogP contribution >= 0.6 is 66.5 Å². The van der Waals surface area contributed by atoms with Crippen LogP contribution in [0.25, 0.3) is 0 Å². The third-order valence-corrected chi connectivity index (χ3v) is 9.63. The van der Waals surface area contributed by atoms with Gasteiger partial charge in [0.25, 0.3) is 0 Å². The van der Waals surface area contributed by atoms with E-state index in [0.717, 1.165) is 11.1 Å². The summed E-state index contributed by atoms with van der Waals surface area (Å²) < 4.78 is 0. The van der Waals surface area contributed by atoms with Crippen molar-refractivity contribution >= 4 is 78.5 Å². The van der Waals surface area contributed by atoms with Crippen LogP contribution in [0.1, 0.15) is 64.0 Å². The van der Waals surface area contributed by atoms with E-state index in [1.54, 1.807) is 0 Å². The van der Waals surface area contributed by atoms with Crippen LogP contribution in [0.2, 0.25) is 0 Å². The minimum atomic E-state index is -3.10. The summed E-state index contributed by atoms with van der Waals surface area (Å²) in [7, 11) is 0. The van der Waals surface area contributed by atoms with Gasteiger partial charge in [-0.25, -0.2) is 10.9 Å². The highest BCUT2D eigenvalue weighted by atomic mass is 35.8. The molecule has 0 heterocycles. The van der Waals surface area contributed by atoms with Gasteiger partial charge < -0.3 is 0 Å². The van der Waals surface area contributed by atoms with E-state index in [0.29, 0.717) is 0 Å². The molecule has 0 aromatic heterocycles. The Hall–Kier alpha value is 1.23. The molecule has 28 heavy (non-hydrogen) atoms. The van der Waals surface area contributed by atoms with Crippen LogP contribution in [0.15, 0.2) is 24.3 Å². The zero-order chi connectivity index (χ0) is 22.0. The van der Waals surface area contributed by atoms with Crippen molar-refractivity contribution in [3.63, 3.8) is 0 Å². The van der Waals surface area contributed by atoms with Crippen LogP contribution in [0.3, 0.4) is 0 Å². The van der Waals surface area contributed by atoms with Crippen LogP contribution < -0.4 is 21.7 Å². The van der Waals surface area contributed by atoms with Crippen molar-refractivity contribution in [2.45, 2.75) is 64.0 Å². The molecule has 4 N–H and O–H groups in total. The SMILES string of the molecule is CC(C)(C)NNC(c1ccc(C(NNC(C)(C)C)[Si](Cl)(Cl)Cl)cc1)[Si](Cl)(Cl)Cl. The second kappa shape index (κ2) is 10.2. The summed E-state index contributed by atoms with van der Waals surface area (Å²) in [6.07, 6.45) is 0. The predicted molar refractivity (Wildman–Crippen MR) is 131 cm³/mol. The molecule has 12 heteroatoms. The number of nitrogens with one attached hydrogen (secondary N) is 4. The summed E-state index contributed by atoms with van der Waals surface area (Å²) in [6.45, 7) is 12.1. The maximum absolute atomic E-state index is 6.33. The molecule has 0 radical (unpaired) electrons. The first-order valence-corrected chi connectivity index (χ1v) is 18.9. The lowest BCUT2D eigenvalue weighted by Crippen LogP contribution is -2.52. The van der Waals surface area contributed by atoms with Crippen molar-refractivity contribution < 1.29 is 0 Å². The molecule has 4 nitrogen and oxygen atoms in total. The smallest absolute Gasteiger partial charge is 0.252 e. The average Bonchev–Trinajstić information content (AvgIpc) is 2.43. The van der Waals surface area contributed by atoms with Gasteiger partial charge in [0.1, 0.15) is 0 Å². The summed E-state index contributed by atoms with van der Waals surface area (Å²) in [5, 5.41) is 0. The van der Waals surface area contributed by atoms with Gasteiger partial charge in [0.15, 0.2) is 0 Å². The van der Waals surface area contributed by atoms with Crippen molar-refractivity contribution in [3.8, 4) is 0 Å². The molecule has 2 atom stereocenters. The van der Waals surface area contributed by atoms with E-state index in [1.165, 1.54) is 0 Å². The molecule has 0 fully saturated rings. The van der Waals surface area contributed by atoms with Crippen molar-refractivity contribution in [3.05, 3.63) is 35.4 Å². The van der Waals surface area contributed by atoms with Crippen molar-refractivity contribution in [1.82, 2.24) is 21.7 Å². The summed E-state index contributed by atoms with van der Waals surface area (Å²) >= 11 is 38.0. The molecular formula is C16H28Cl6N4Si2. The first-order chi connectivity index (χ1) is 12.4. The molecule has 0 aliphatic rings. The summed E-state index contributed by atoms with van der Waals surface area (Å²) in [4.78, 5) is 0. The van der Waals surface area contributed by atoms with Crippen molar-refractivity contribution in [2.75, 3.05) is 0 Å². The largest absolute Gasteiger partial charge is 0.363 e. The second-order valence-electron chi connectivity index (χ2n) is 8.65. The molecule has 1 aromatic rings. The topological polar surface area (TPSA) is 48.1 Å². The Morgan fingerprint density at radius 2 is 0.857 bits per heavy atom. The van der Waals surface area contributed by atoms with Gasteiger partial charge in [-0.3, -0.25) is 10.9 Å². The highest BCUT2D eigenvalue weighted by Gasteiger charge is 2.41. The monoisotopic (exact) mass is 542 g/mol. The summed E-state index contributed by atoms with van der Waals surface area (Å²) in [6, 6.07) is 1.36.